The topological polar surface area (TPSA) is 20.2 Å². The maximum absolute atomic E-state index is 13.6. The molecule has 0 bridgehead atoms. The van der Waals surface area contributed by atoms with Crippen molar-refractivity contribution >= 4 is 0 Å². The highest BCUT2D eigenvalue weighted by atomic mass is 19.4. The van der Waals surface area contributed by atoms with Crippen molar-refractivity contribution in [2.24, 2.45) is 0 Å². The fourth-order valence-corrected chi connectivity index (χ4v) is 2.42. The summed E-state index contributed by atoms with van der Waals surface area (Å²) < 4.78 is 116. The van der Waals surface area contributed by atoms with Gasteiger partial charge in [0.2, 0.25) is 0 Å². The largest absolute Gasteiger partial charge is 0.460 e. The second kappa shape index (κ2) is 7.31. The molecule has 10 heteroatoms. The van der Waals surface area contributed by atoms with Crippen molar-refractivity contribution in [1.29, 1.82) is 0 Å². The van der Waals surface area contributed by atoms with Crippen LogP contribution in [0.2, 0.25) is 0 Å². The van der Waals surface area contributed by atoms with Gasteiger partial charge in [0.15, 0.2) is 0 Å². The van der Waals surface area contributed by atoms with Crippen LogP contribution >= 0.6 is 0 Å². The molecule has 1 nitrogen and oxygen atoms in total. The first-order valence-corrected chi connectivity index (χ1v) is 7.74. The zero-order valence-electron chi connectivity index (χ0n) is 13.8. The number of rotatable bonds is 6. The molecule has 28 heavy (non-hydrogen) atoms. The third-order valence-electron chi connectivity index (χ3n) is 4.06. The lowest BCUT2D eigenvalue weighted by Crippen LogP contribution is -2.61. The molecule has 0 spiro atoms. The first-order valence-electron chi connectivity index (χ1n) is 7.74. The van der Waals surface area contributed by atoms with Gasteiger partial charge in [-0.1, -0.05) is 54.6 Å². The van der Waals surface area contributed by atoms with Gasteiger partial charge < -0.3 is 5.11 Å². The number of halogens is 9. The summed E-state index contributed by atoms with van der Waals surface area (Å²) >= 11 is 0. The zero-order chi connectivity index (χ0) is 21.4. The number of hydrogen-bond acceptors (Lipinski definition) is 1. The molecule has 0 radical (unpaired) electrons. The molecule has 2 aromatic carbocycles. The second-order valence-electron chi connectivity index (χ2n) is 6.06. The first-order chi connectivity index (χ1) is 12.7. The quantitative estimate of drug-likeness (QED) is 0.553. The molecule has 1 N–H and O–H groups in total. The summed E-state index contributed by atoms with van der Waals surface area (Å²) in [7, 11) is 0. The Labute approximate surface area is 153 Å². The predicted octanol–water partition coefficient (Wildman–Crippen LogP) is 6.25. The van der Waals surface area contributed by atoms with Gasteiger partial charge in [-0.2, -0.15) is 39.5 Å². The highest BCUT2D eigenvalue weighted by Crippen LogP contribution is 2.55. The van der Waals surface area contributed by atoms with Crippen LogP contribution in [0.5, 0.6) is 0 Å². The summed E-state index contributed by atoms with van der Waals surface area (Å²) in [5.41, 5.74) is 0.952. The van der Waals surface area contributed by atoms with Crippen molar-refractivity contribution in [1.82, 2.24) is 0 Å². The maximum Gasteiger partial charge on any atom is 0.460 e. The third kappa shape index (κ3) is 3.96. The minimum absolute atomic E-state index is 0.342. The van der Waals surface area contributed by atoms with E-state index in [0.29, 0.717) is 11.1 Å². The molecule has 154 valence electrons. The third-order valence-corrected chi connectivity index (χ3v) is 4.06. The summed E-state index contributed by atoms with van der Waals surface area (Å²) in [4.78, 5) is 0. The normalized spacial score (nSPS) is 14.8. The Morgan fingerprint density at radius 1 is 0.643 bits per heavy atom. The minimum Gasteiger partial charge on any atom is -0.388 e. The monoisotopic (exact) mass is 416 g/mol. The van der Waals surface area contributed by atoms with Gasteiger partial charge in [0.05, 0.1) is 6.10 Å². The van der Waals surface area contributed by atoms with E-state index in [0.717, 1.165) is 12.1 Å². The summed E-state index contributed by atoms with van der Waals surface area (Å²) in [6, 6.07) is 13.5. The molecule has 0 aliphatic carbocycles. The molecule has 0 heterocycles. The van der Waals surface area contributed by atoms with Gasteiger partial charge in [-0.25, -0.2) is 0 Å². The molecule has 0 fully saturated rings. The summed E-state index contributed by atoms with van der Waals surface area (Å²) in [5.74, 6) is -19.5. The molecule has 2 aromatic rings. The lowest BCUT2D eigenvalue weighted by molar-refractivity contribution is -0.398. The number of hydrogen-bond donors (Lipinski definition) is 1. The fraction of sp³-hybridized carbons (Fsp3) is 0.333. The van der Waals surface area contributed by atoms with Crippen molar-refractivity contribution in [3.63, 3.8) is 0 Å². The van der Waals surface area contributed by atoms with E-state index in [9.17, 15) is 44.6 Å². The van der Waals surface area contributed by atoms with Crippen LogP contribution < -0.4 is 0 Å². The van der Waals surface area contributed by atoms with Gasteiger partial charge in [-0.15, -0.1) is 0 Å². The average Bonchev–Trinajstić information content (AvgIpc) is 2.61. The lowest BCUT2D eigenvalue weighted by Gasteiger charge is -2.34. The Morgan fingerprint density at radius 3 is 1.57 bits per heavy atom. The highest BCUT2D eigenvalue weighted by molar-refractivity contribution is 5.63. The molecule has 1 atom stereocenters. The van der Waals surface area contributed by atoms with Crippen molar-refractivity contribution < 1.29 is 44.6 Å². The van der Waals surface area contributed by atoms with Crippen molar-refractivity contribution in [2.75, 3.05) is 0 Å². The van der Waals surface area contributed by atoms with Crippen molar-refractivity contribution in [3.8, 4) is 11.1 Å². The van der Waals surface area contributed by atoms with E-state index in [1.165, 1.54) is 12.1 Å². The van der Waals surface area contributed by atoms with Crippen LogP contribution in [0.1, 0.15) is 18.1 Å². The smallest absolute Gasteiger partial charge is 0.388 e. The molecule has 0 aliphatic rings. The molecule has 0 amide bonds. The molecule has 0 saturated carbocycles. The molecule has 0 aliphatic heterocycles. The van der Waals surface area contributed by atoms with E-state index < -0.39 is 36.5 Å². The molecule has 2 rings (SSSR count). The number of benzene rings is 2. The van der Waals surface area contributed by atoms with Crippen LogP contribution in [0.4, 0.5) is 39.5 Å². The van der Waals surface area contributed by atoms with Gasteiger partial charge in [-0.05, 0) is 16.7 Å². The fourth-order valence-electron chi connectivity index (χ4n) is 2.42. The zero-order valence-corrected chi connectivity index (χ0v) is 13.8. The van der Waals surface area contributed by atoms with E-state index in [1.54, 1.807) is 30.3 Å². The van der Waals surface area contributed by atoms with E-state index in [-0.39, 0.29) is 5.56 Å². The van der Waals surface area contributed by atoms with Crippen LogP contribution in [0.3, 0.4) is 0 Å². The Kier molecular flexibility index (Phi) is 5.76. The van der Waals surface area contributed by atoms with Crippen molar-refractivity contribution in [2.45, 2.75) is 36.5 Å². The van der Waals surface area contributed by atoms with E-state index in [1.807, 2.05) is 0 Å². The van der Waals surface area contributed by atoms with Crippen LogP contribution in [0.25, 0.3) is 11.1 Å². The summed E-state index contributed by atoms with van der Waals surface area (Å²) in [6.45, 7) is 0. The number of aliphatic hydroxyl groups is 1. The second-order valence-corrected chi connectivity index (χ2v) is 6.06. The van der Waals surface area contributed by atoms with Gasteiger partial charge in [0.1, 0.15) is 0 Å². The highest BCUT2D eigenvalue weighted by Gasteiger charge is 2.81. The molecule has 0 saturated heterocycles. The van der Waals surface area contributed by atoms with Gasteiger partial charge in [0, 0.05) is 6.42 Å². The van der Waals surface area contributed by atoms with Gasteiger partial charge in [0.25, 0.3) is 0 Å². The molecular formula is C18H13F9O. The van der Waals surface area contributed by atoms with Gasteiger partial charge >= 0.3 is 23.9 Å². The standard InChI is InChI=1S/C18H13F9O/c19-15(20,16(21,22)17(23,24)18(25,26)27)10-14(28)13-8-6-12(7-9-13)11-4-2-1-3-5-11/h1-9,14,28H,10H2. The lowest BCUT2D eigenvalue weighted by atomic mass is 9.94. The Morgan fingerprint density at radius 2 is 1.11 bits per heavy atom. The van der Waals surface area contributed by atoms with Crippen LogP contribution in [-0.4, -0.2) is 29.1 Å². The van der Waals surface area contributed by atoms with Crippen LogP contribution in [0.15, 0.2) is 54.6 Å². The molecule has 1 unspecified atom stereocenters. The predicted molar refractivity (Wildman–Crippen MR) is 82.4 cm³/mol. The van der Waals surface area contributed by atoms with E-state index >= 15 is 0 Å². The van der Waals surface area contributed by atoms with Crippen LogP contribution in [0, 0.1) is 0 Å². The number of alkyl halides is 9. The van der Waals surface area contributed by atoms with Gasteiger partial charge in [-0.3, -0.25) is 0 Å². The molecule has 0 aromatic heterocycles. The Balaban J connectivity index is 2.22. The van der Waals surface area contributed by atoms with E-state index in [2.05, 4.69) is 0 Å². The average molecular weight is 416 g/mol. The Hall–Kier alpha value is -2.23. The maximum atomic E-state index is 13.6. The first kappa shape index (κ1) is 22.1. The number of aliphatic hydroxyl groups excluding tert-OH is 1. The minimum atomic E-state index is -6.97. The Bertz CT molecular complexity index is 783. The molecular weight excluding hydrogens is 403 g/mol. The summed E-state index contributed by atoms with van der Waals surface area (Å²) in [5, 5.41) is 9.71. The SMILES string of the molecule is OC(CC(F)(F)C(F)(F)C(F)(F)C(F)(F)F)c1ccc(-c2ccccc2)cc1. The van der Waals surface area contributed by atoms with Crippen LogP contribution in [-0.2, 0) is 0 Å². The summed E-state index contributed by atoms with van der Waals surface area (Å²) in [6.07, 6.45) is -11.6. The van der Waals surface area contributed by atoms with E-state index in [4.69, 9.17) is 0 Å². The van der Waals surface area contributed by atoms with Crippen molar-refractivity contribution in [3.05, 3.63) is 60.2 Å².